The highest BCUT2D eigenvalue weighted by molar-refractivity contribution is 7.92. The molecule has 124 valence electrons. The number of H-pyrrole nitrogens is 1. The first kappa shape index (κ1) is 16.9. The summed E-state index contributed by atoms with van der Waals surface area (Å²) in [7, 11) is -4.05. The van der Waals surface area contributed by atoms with Gasteiger partial charge in [-0.25, -0.2) is 4.39 Å². The second kappa shape index (κ2) is 6.78. The zero-order valence-electron chi connectivity index (χ0n) is 12.6. The molecule has 2 rings (SSSR count). The summed E-state index contributed by atoms with van der Waals surface area (Å²) in [6.45, 7) is 3.71. The van der Waals surface area contributed by atoms with Crippen LogP contribution in [0.25, 0.3) is 0 Å². The molecule has 0 radical (unpaired) electrons. The maximum Gasteiger partial charge on any atom is 0.279 e. The summed E-state index contributed by atoms with van der Waals surface area (Å²) in [5.41, 5.74) is 0.0918. The highest BCUT2D eigenvalue weighted by atomic mass is 32.2. The molecule has 0 saturated carbocycles. The molecule has 0 aliphatic rings. The molecule has 0 saturated heterocycles. The molecule has 3 N–H and O–H groups in total. The van der Waals surface area contributed by atoms with Crippen molar-refractivity contribution < 1.29 is 17.6 Å². The molecule has 0 spiro atoms. The van der Waals surface area contributed by atoms with Gasteiger partial charge in [0, 0.05) is 11.7 Å². The van der Waals surface area contributed by atoms with Crippen LogP contribution in [0.5, 0.6) is 0 Å². The Morgan fingerprint density at radius 1 is 1.35 bits per heavy atom. The van der Waals surface area contributed by atoms with Crippen molar-refractivity contribution in [3.8, 4) is 0 Å². The molecule has 1 heterocycles. The molecule has 1 aromatic carbocycles. The normalized spacial score (nSPS) is 12.7. The Morgan fingerprint density at radius 3 is 2.61 bits per heavy atom. The van der Waals surface area contributed by atoms with Crippen molar-refractivity contribution in [3.05, 3.63) is 41.8 Å². The van der Waals surface area contributed by atoms with E-state index in [0.29, 0.717) is 6.42 Å². The third-order valence-electron chi connectivity index (χ3n) is 3.20. The molecular formula is C14H17FN4O3S. The second-order valence-electron chi connectivity index (χ2n) is 5.01. The average molecular weight is 340 g/mol. The molecule has 7 nitrogen and oxygen atoms in total. The van der Waals surface area contributed by atoms with Gasteiger partial charge in [-0.1, -0.05) is 6.92 Å². The smallest absolute Gasteiger partial charge is 0.279 e. The maximum atomic E-state index is 12.9. The fourth-order valence-corrected chi connectivity index (χ4v) is 2.92. The number of nitrogens with zero attached hydrogens (tertiary/aromatic N) is 1. The van der Waals surface area contributed by atoms with Crippen LogP contribution < -0.4 is 10.0 Å². The number of halogens is 1. The molecule has 1 unspecified atom stereocenters. The largest absolute Gasteiger partial charge is 0.349 e. The van der Waals surface area contributed by atoms with Crippen LogP contribution in [0, 0.1) is 5.82 Å². The minimum Gasteiger partial charge on any atom is -0.349 e. The van der Waals surface area contributed by atoms with E-state index in [2.05, 4.69) is 20.2 Å². The van der Waals surface area contributed by atoms with Crippen molar-refractivity contribution in [2.24, 2.45) is 0 Å². The lowest BCUT2D eigenvalue weighted by Crippen LogP contribution is -2.33. The Morgan fingerprint density at radius 2 is 2.00 bits per heavy atom. The number of carbonyl (C=O) groups excluding carboxylic acids is 1. The van der Waals surface area contributed by atoms with Gasteiger partial charge in [-0.2, -0.15) is 13.5 Å². The van der Waals surface area contributed by atoms with Crippen LogP contribution in [0.3, 0.4) is 0 Å². The average Bonchev–Trinajstić information content (AvgIpc) is 3.00. The summed E-state index contributed by atoms with van der Waals surface area (Å²) in [5, 5.41) is 8.28. The lowest BCUT2D eigenvalue weighted by molar-refractivity contribution is 0.0936. The number of hydrogen-bond donors (Lipinski definition) is 3. The van der Waals surface area contributed by atoms with Gasteiger partial charge in [0.15, 0.2) is 5.03 Å². The Bertz CT molecular complexity index is 787. The monoisotopic (exact) mass is 340 g/mol. The highest BCUT2D eigenvalue weighted by Crippen LogP contribution is 2.18. The van der Waals surface area contributed by atoms with Crippen LogP contribution in [-0.4, -0.2) is 30.6 Å². The maximum absolute atomic E-state index is 12.9. The molecule has 1 amide bonds. The third kappa shape index (κ3) is 4.07. The minimum atomic E-state index is -4.05. The molecular weight excluding hydrogens is 323 g/mol. The van der Waals surface area contributed by atoms with Gasteiger partial charge in [0.2, 0.25) is 0 Å². The third-order valence-corrected chi connectivity index (χ3v) is 4.56. The van der Waals surface area contributed by atoms with Crippen molar-refractivity contribution in [1.29, 1.82) is 0 Å². The van der Waals surface area contributed by atoms with E-state index in [-0.39, 0.29) is 22.3 Å². The predicted molar refractivity (Wildman–Crippen MR) is 83.0 cm³/mol. The van der Waals surface area contributed by atoms with Crippen molar-refractivity contribution in [1.82, 2.24) is 15.5 Å². The van der Waals surface area contributed by atoms with Gasteiger partial charge >= 0.3 is 0 Å². The molecule has 1 aromatic heterocycles. The van der Waals surface area contributed by atoms with Gasteiger partial charge < -0.3 is 5.32 Å². The van der Waals surface area contributed by atoms with E-state index in [4.69, 9.17) is 0 Å². The van der Waals surface area contributed by atoms with Crippen molar-refractivity contribution in [2.75, 3.05) is 4.72 Å². The Balaban J connectivity index is 2.25. The van der Waals surface area contributed by atoms with Crippen LogP contribution in [0.2, 0.25) is 0 Å². The number of benzene rings is 1. The van der Waals surface area contributed by atoms with Crippen LogP contribution in [0.1, 0.15) is 30.6 Å². The van der Waals surface area contributed by atoms with Crippen LogP contribution >= 0.6 is 0 Å². The topological polar surface area (TPSA) is 104 Å². The molecule has 0 fully saturated rings. The molecule has 1 atom stereocenters. The summed E-state index contributed by atoms with van der Waals surface area (Å²) >= 11 is 0. The number of rotatable bonds is 6. The standard InChI is InChI=1S/C14H17FN4O3S/c1-3-9(2)17-13(20)12-8-16-18-14(12)23(21,22)19-11-6-4-10(15)5-7-11/h4-9,19H,3H2,1-2H3,(H,16,18)(H,17,20). The first-order valence-corrected chi connectivity index (χ1v) is 8.44. The van der Waals surface area contributed by atoms with E-state index < -0.39 is 21.7 Å². The van der Waals surface area contributed by atoms with Crippen LogP contribution in [-0.2, 0) is 10.0 Å². The SMILES string of the molecule is CCC(C)NC(=O)c1cn[nH]c1S(=O)(=O)Nc1ccc(F)cc1. The quantitative estimate of drug-likeness (QED) is 0.747. The van der Waals surface area contributed by atoms with E-state index in [9.17, 15) is 17.6 Å². The minimum absolute atomic E-state index is 0.0834. The molecule has 23 heavy (non-hydrogen) atoms. The molecule has 2 aromatic rings. The summed E-state index contributed by atoms with van der Waals surface area (Å²) in [6, 6.07) is 4.71. The second-order valence-corrected chi connectivity index (χ2v) is 6.63. The summed E-state index contributed by atoms with van der Waals surface area (Å²) < 4.78 is 39.9. The summed E-state index contributed by atoms with van der Waals surface area (Å²) in [4.78, 5) is 12.1. The lowest BCUT2D eigenvalue weighted by Gasteiger charge is -2.12. The Kier molecular flexibility index (Phi) is 4.99. The van der Waals surface area contributed by atoms with Gasteiger partial charge in [-0.05, 0) is 37.6 Å². The van der Waals surface area contributed by atoms with E-state index in [1.54, 1.807) is 0 Å². The highest BCUT2D eigenvalue weighted by Gasteiger charge is 2.25. The first-order valence-electron chi connectivity index (χ1n) is 6.96. The summed E-state index contributed by atoms with van der Waals surface area (Å²) in [5.74, 6) is -1.02. The number of aromatic nitrogens is 2. The number of anilines is 1. The fourth-order valence-electron chi connectivity index (χ4n) is 1.77. The Hall–Kier alpha value is -2.42. The number of nitrogens with one attached hydrogen (secondary N) is 3. The zero-order valence-corrected chi connectivity index (χ0v) is 13.4. The van der Waals surface area contributed by atoms with E-state index in [1.807, 2.05) is 13.8 Å². The summed E-state index contributed by atoms with van der Waals surface area (Å²) in [6.07, 6.45) is 1.86. The number of aromatic amines is 1. The lowest BCUT2D eigenvalue weighted by atomic mass is 10.2. The van der Waals surface area contributed by atoms with Crippen molar-refractivity contribution >= 4 is 21.6 Å². The molecule has 0 aliphatic heterocycles. The van der Waals surface area contributed by atoms with Gasteiger partial charge in [-0.3, -0.25) is 14.6 Å². The predicted octanol–water partition coefficient (Wildman–Crippen LogP) is 1.88. The number of hydrogen-bond acceptors (Lipinski definition) is 4. The van der Waals surface area contributed by atoms with Gasteiger partial charge in [0.25, 0.3) is 15.9 Å². The van der Waals surface area contributed by atoms with Crippen molar-refractivity contribution in [2.45, 2.75) is 31.3 Å². The Labute approximate surface area is 133 Å². The molecule has 0 aliphatic carbocycles. The fraction of sp³-hybridized carbons (Fsp3) is 0.286. The van der Waals surface area contributed by atoms with E-state index in [1.165, 1.54) is 12.1 Å². The number of sulfonamides is 1. The van der Waals surface area contributed by atoms with E-state index in [0.717, 1.165) is 18.3 Å². The zero-order chi connectivity index (χ0) is 17.0. The first-order chi connectivity index (χ1) is 10.8. The number of carbonyl (C=O) groups is 1. The van der Waals surface area contributed by atoms with E-state index >= 15 is 0 Å². The van der Waals surface area contributed by atoms with Gasteiger partial charge in [0.05, 0.1) is 11.8 Å². The van der Waals surface area contributed by atoms with Crippen molar-refractivity contribution in [3.63, 3.8) is 0 Å². The van der Waals surface area contributed by atoms with Gasteiger partial charge in [-0.15, -0.1) is 0 Å². The molecule has 9 heteroatoms. The van der Waals surface area contributed by atoms with Gasteiger partial charge in [0.1, 0.15) is 5.82 Å². The van der Waals surface area contributed by atoms with Crippen LogP contribution in [0.4, 0.5) is 10.1 Å². The van der Waals surface area contributed by atoms with Crippen LogP contribution in [0.15, 0.2) is 35.5 Å². The molecule has 0 bridgehead atoms. The number of amides is 1.